The lowest BCUT2D eigenvalue weighted by Gasteiger charge is -2.40. The van der Waals surface area contributed by atoms with Crippen LogP contribution in [0.15, 0.2) is 18.5 Å². The van der Waals surface area contributed by atoms with Crippen molar-refractivity contribution in [1.82, 2.24) is 15.2 Å². The van der Waals surface area contributed by atoms with Gasteiger partial charge in [0.1, 0.15) is 0 Å². The molecule has 108 valence electrons. The number of thiocarbonyl (C=S) groups is 1. The second kappa shape index (κ2) is 5.85. The second-order valence-corrected chi connectivity index (χ2v) is 5.89. The Morgan fingerprint density at radius 3 is 2.65 bits per heavy atom. The molecule has 1 aliphatic rings. The molecule has 0 unspecified atom stereocenters. The summed E-state index contributed by atoms with van der Waals surface area (Å²) in [5, 5.41) is 3.02. The molecule has 1 fully saturated rings. The third-order valence-corrected chi connectivity index (χ3v) is 4.19. The summed E-state index contributed by atoms with van der Waals surface area (Å²) in [7, 11) is 2.05. The number of aryl methyl sites for hydroxylation is 1. The van der Waals surface area contributed by atoms with Gasteiger partial charge in [0.15, 0.2) is 0 Å². The average molecular weight is 292 g/mol. The Morgan fingerprint density at radius 1 is 1.45 bits per heavy atom. The fourth-order valence-electron chi connectivity index (χ4n) is 2.40. The van der Waals surface area contributed by atoms with Gasteiger partial charge in [0.05, 0.1) is 16.1 Å². The monoisotopic (exact) mass is 292 g/mol. The first-order chi connectivity index (χ1) is 9.43. The minimum absolute atomic E-state index is 0.168. The molecule has 2 rings (SSSR count). The summed E-state index contributed by atoms with van der Waals surface area (Å²) in [5.41, 5.74) is 6.80. The minimum Gasteiger partial charge on any atom is -0.391 e. The lowest BCUT2D eigenvalue weighted by molar-refractivity contribution is 0.0890. The van der Waals surface area contributed by atoms with E-state index in [1.54, 1.807) is 12.4 Å². The van der Waals surface area contributed by atoms with Gasteiger partial charge in [0, 0.05) is 25.5 Å². The van der Waals surface area contributed by atoms with Gasteiger partial charge in [0.25, 0.3) is 5.91 Å². The van der Waals surface area contributed by atoms with Crippen LogP contribution in [0.2, 0.25) is 0 Å². The van der Waals surface area contributed by atoms with E-state index < -0.39 is 5.54 Å². The fourth-order valence-corrected chi connectivity index (χ4v) is 2.66. The minimum atomic E-state index is -0.581. The van der Waals surface area contributed by atoms with Crippen molar-refractivity contribution >= 4 is 23.1 Å². The SMILES string of the molecule is Cc1cncc(C(=O)NC2(C(N)=S)CCN(C)CC2)c1. The molecule has 0 aliphatic carbocycles. The molecule has 1 aromatic rings. The van der Waals surface area contributed by atoms with Gasteiger partial charge >= 0.3 is 0 Å². The topological polar surface area (TPSA) is 71.2 Å². The van der Waals surface area contributed by atoms with Crippen molar-refractivity contribution in [2.24, 2.45) is 5.73 Å². The lowest BCUT2D eigenvalue weighted by atomic mass is 9.87. The molecule has 1 aliphatic heterocycles. The number of nitrogens with two attached hydrogens (primary N) is 1. The molecule has 2 heterocycles. The van der Waals surface area contributed by atoms with Crippen LogP contribution in [0.25, 0.3) is 0 Å². The lowest BCUT2D eigenvalue weighted by Crippen LogP contribution is -2.61. The predicted octanol–water partition coefficient (Wildman–Crippen LogP) is 0.870. The number of pyridine rings is 1. The van der Waals surface area contributed by atoms with E-state index in [0.29, 0.717) is 10.6 Å². The Kier molecular flexibility index (Phi) is 4.35. The number of piperidine rings is 1. The number of amides is 1. The Labute approximate surface area is 124 Å². The second-order valence-electron chi connectivity index (χ2n) is 5.45. The van der Waals surface area contributed by atoms with Crippen molar-refractivity contribution in [2.45, 2.75) is 25.3 Å². The third-order valence-electron chi connectivity index (χ3n) is 3.80. The molecule has 1 saturated heterocycles. The molecule has 0 spiro atoms. The number of carbonyl (C=O) groups is 1. The van der Waals surface area contributed by atoms with Crippen LogP contribution in [0.1, 0.15) is 28.8 Å². The van der Waals surface area contributed by atoms with Gasteiger partial charge in [-0.15, -0.1) is 0 Å². The molecule has 20 heavy (non-hydrogen) atoms. The molecule has 0 saturated carbocycles. The first kappa shape index (κ1) is 14.9. The van der Waals surface area contributed by atoms with Crippen molar-refractivity contribution in [2.75, 3.05) is 20.1 Å². The van der Waals surface area contributed by atoms with Crippen molar-refractivity contribution in [3.05, 3.63) is 29.6 Å². The molecule has 0 aromatic carbocycles. The largest absolute Gasteiger partial charge is 0.391 e. The summed E-state index contributed by atoms with van der Waals surface area (Å²) in [5.74, 6) is -0.168. The molecule has 1 amide bonds. The summed E-state index contributed by atoms with van der Waals surface area (Å²) < 4.78 is 0. The molecule has 1 aromatic heterocycles. The highest BCUT2D eigenvalue weighted by Crippen LogP contribution is 2.22. The molecule has 0 atom stereocenters. The van der Waals surface area contributed by atoms with Crippen LogP contribution >= 0.6 is 12.2 Å². The third kappa shape index (κ3) is 3.13. The van der Waals surface area contributed by atoms with Crippen LogP contribution in [-0.4, -0.2) is 46.5 Å². The summed E-state index contributed by atoms with van der Waals surface area (Å²) in [6.07, 6.45) is 4.76. The van der Waals surface area contributed by atoms with Crippen LogP contribution in [-0.2, 0) is 0 Å². The number of nitrogens with one attached hydrogen (secondary N) is 1. The number of carbonyl (C=O) groups excluding carboxylic acids is 1. The van der Waals surface area contributed by atoms with Crippen LogP contribution < -0.4 is 11.1 Å². The first-order valence-corrected chi connectivity index (χ1v) is 7.06. The van der Waals surface area contributed by atoms with Gasteiger partial charge in [-0.2, -0.15) is 0 Å². The first-order valence-electron chi connectivity index (χ1n) is 6.65. The maximum Gasteiger partial charge on any atom is 0.253 e. The fraction of sp³-hybridized carbons (Fsp3) is 0.500. The van der Waals surface area contributed by atoms with Crippen molar-refractivity contribution in [3.63, 3.8) is 0 Å². The highest BCUT2D eigenvalue weighted by Gasteiger charge is 2.38. The molecular formula is C14H20N4OS. The zero-order valence-electron chi connectivity index (χ0n) is 11.8. The molecule has 5 nitrogen and oxygen atoms in total. The van der Waals surface area contributed by atoms with E-state index in [0.717, 1.165) is 31.5 Å². The number of nitrogens with zero attached hydrogens (tertiary/aromatic N) is 2. The van der Waals surface area contributed by atoms with E-state index in [4.69, 9.17) is 18.0 Å². The average Bonchev–Trinajstić information content (AvgIpc) is 2.41. The Hall–Kier alpha value is -1.53. The maximum absolute atomic E-state index is 12.4. The maximum atomic E-state index is 12.4. The smallest absolute Gasteiger partial charge is 0.253 e. The number of likely N-dealkylation sites (tertiary alicyclic amines) is 1. The summed E-state index contributed by atoms with van der Waals surface area (Å²) in [6.45, 7) is 3.63. The Balaban J connectivity index is 2.17. The summed E-state index contributed by atoms with van der Waals surface area (Å²) >= 11 is 5.19. The zero-order chi connectivity index (χ0) is 14.8. The van der Waals surface area contributed by atoms with Gasteiger partial charge in [0.2, 0.25) is 0 Å². The van der Waals surface area contributed by atoms with E-state index in [1.165, 1.54) is 0 Å². The normalized spacial score (nSPS) is 18.5. The van der Waals surface area contributed by atoms with E-state index in [1.807, 2.05) is 13.0 Å². The van der Waals surface area contributed by atoms with Crippen LogP contribution in [0.5, 0.6) is 0 Å². The van der Waals surface area contributed by atoms with Gasteiger partial charge in [-0.3, -0.25) is 9.78 Å². The Morgan fingerprint density at radius 2 is 2.10 bits per heavy atom. The van der Waals surface area contributed by atoms with Crippen molar-refractivity contribution in [3.8, 4) is 0 Å². The van der Waals surface area contributed by atoms with Gasteiger partial charge in [-0.1, -0.05) is 12.2 Å². The van der Waals surface area contributed by atoms with Crippen LogP contribution in [0, 0.1) is 6.92 Å². The summed E-state index contributed by atoms with van der Waals surface area (Å²) in [4.78, 5) is 19.0. The van der Waals surface area contributed by atoms with Gasteiger partial charge in [-0.05, 0) is 38.4 Å². The number of hydrogen-bond donors (Lipinski definition) is 2. The van der Waals surface area contributed by atoms with Crippen molar-refractivity contribution in [1.29, 1.82) is 0 Å². The molecule has 0 radical (unpaired) electrons. The predicted molar refractivity (Wildman–Crippen MR) is 82.7 cm³/mol. The van der Waals surface area contributed by atoms with Crippen LogP contribution in [0.3, 0.4) is 0 Å². The highest BCUT2D eigenvalue weighted by atomic mass is 32.1. The van der Waals surface area contributed by atoms with Gasteiger partial charge in [-0.25, -0.2) is 0 Å². The quantitative estimate of drug-likeness (QED) is 0.809. The zero-order valence-corrected chi connectivity index (χ0v) is 12.7. The summed E-state index contributed by atoms with van der Waals surface area (Å²) in [6, 6.07) is 1.81. The molecule has 3 N–H and O–H groups in total. The molecule has 6 heteroatoms. The van der Waals surface area contributed by atoms with E-state index >= 15 is 0 Å². The molecule has 0 bridgehead atoms. The molecular weight excluding hydrogens is 272 g/mol. The number of aromatic nitrogens is 1. The Bertz CT molecular complexity index is 524. The van der Waals surface area contributed by atoms with Gasteiger partial charge < -0.3 is 16.0 Å². The van der Waals surface area contributed by atoms with E-state index in [2.05, 4.69) is 22.2 Å². The van der Waals surface area contributed by atoms with E-state index in [9.17, 15) is 4.79 Å². The van der Waals surface area contributed by atoms with E-state index in [-0.39, 0.29) is 5.91 Å². The highest BCUT2D eigenvalue weighted by molar-refractivity contribution is 7.80. The number of hydrogen-bond acceptors (Lipinski definition) is 4. The van der Waals surface area contributed by atoms with Crippen LogP contribution in [0.4, 0.5) is 0 Å². The number of rotatable bonds is 3. The van der Waals surface area contributed by atoms with Crippen molar-refractivity contribution < 1.29 is 4.79 Å². The standard InChI is InChI=1S/C14H20N4OS/c1-10-7-11(9-16-8-10)12(19)17-14(13(15)20)3-5-18(2)6-4-14/h7-9H,3-6H2,1-2H3,(H2,15,20)(H,17,19).